The van der Waals surface area contributed by atoms with Crippen molar-refractivity contribution >= 4 is 23.0 Å². The molecule has 0 amide bonds. The highest BCUT2D eigenvalue weighted by Gasteiger charge is 2.21. The van der Waals surface area contributed by atoms with Gasteiger partial charge in [0.05, 0.1) is 19.0 Å². The summed E-state index contributed by atoms with van der Waals surface area (Å²) < 4.78 is 11.0. The average Bonchev–Trinajstić information content (AvgIpc) is 3.33. The predicted molar refractivity (Wildman–Crippen MR) is 89.7 cm³/mol. The van der Waals surface area contributed by atoms with E-state index in [9.17, 15) is 0 Å². The molecule has 22 heavy (non-hydrogen) atoms. The lowest BCUT2D eigenvalue weighted by molar-refractivity contribution is 0.374. The molecule has 3 rings (SSSR count). The Balaban J connectivity index is 1.62. The number of aromatic nitrogens is 1. The van der Waals surface area contributed by atoms with E-state index in [0.717, 1.165) is 5.69 Å². The SMILES string of the molecule is COc1ccccc1Oc1ccc(NC(=S)NC2CC2)cn1. The van der Waals surface area contributed by atoms with Crippen LogP contribution in [0.5, 0.6) is 17.4 Å². The maximum absolute atomic E-state index is 5.72. The van der Waals surface area contributed by atoms with Gasteiger partial charge < -0.3 is 20.1 Å². The van der Waals surface area contributed by atoms with Gasteiger partial charge in [0, 0.05) is 12.1 Å². The van der Waals surface area contributed by atoms with E-state index in [0.29, 0.717) is 28.5 Å². The molecule has 1 aliphatic rings. The molecule has 114 valence electrons. The van der Waals surface area contributed by atoms with Crippen LogP contribution >= 0.6 is 12.2 Å². The van der Waals surface area contributed by atoms with E-state index in [1.54, 1.807) is 19.4 Å². The van der Waals surface area contributed by atoms with Crippen LogP contribution in [0, 0.1) is 0 Å². The van der Waals surface area contributed by atoms with E-state index in [1.165, 1.54) is 12.8 Å². The van der Waals surface area contributed by atoms with Crippen molar-refractivity contribution in [2.24, 2.45) is 0 Å². The Labute approximate surface area is 134 Å². The van der Waals surface area contributed by atoms with Crippen LogP contribution in [0.25, 0.3) is 0 Å². The van der Waals surface area contributed by atoms with E-state index >= 15 is 0 Å². The first-order chi connectivity index (χ1) is 10.7. The van der Waals surface area contributed by atoms with Gasteiger partial charge in [0.15, 0.2) is 16.6 Å². The van der Waals surface area contributed by atoms with Gasteiger partial charge in [-0.25, -0.2) is 4.98 Å². The van der Waals surface area contributed by atoms with Crippen molar-refractivity contribution < 1.29 is 9.47 Å². The quantitative estimate of drug-likeness (QED) is 0.826. The van der Waals surface area contributed by atoms with Gasteiger partial charge in [0.1, 0.15) is 0 Å². The van der Waals surface area contributed by atoms with Crippen LogP contribution in [0.15, 0.2) is 42.6 Å². The average molecular weight is 315 g/mol. The molecule has 1 aliphatic carbocycles. The van der Waals surface area contributed by atoms with Crippen LogP contribution in [-0.4, -0.2) is 23.2 Å². The van der Waals surface area contributed by atoms with Gasteiger partial charge in [-0.2, -0.15) is 0 Å². The zero-order valence-corrected chi connectivity index (χ0v) is 13.0. The van der Waals surface area contributed by atoms with Crippen LogP contribution in [0.1, 0.15) is 12.8 Å². The Morgan fingerprint density at radius 1 is 1.18 bits per heavy atom. The topological polar surface area (TPSA) is 55.4 Å². The second kappa shape index (κ2) is 6.62. The van der Waals surface area contributed by atoms with Gasteiger partial charge in [-0.15, -0.1) is 0 Å². The number of thiocarbonyl (C=S) groups is 1. The molecule has 0 bridgehead atoms. The highest BCUT2D eigenvalue weighted by molar-refractivity contribution is 7.80. The zero-order chi connectivity index (χ0) is 15.4. The van der Waals surface area contributed by atoms with Crippen molar-refractivity contribution in [3.05, 3.63) is 42.6 Å². The summed E-state index contributed by atoms with van der Waals surface area (Å²) in [4.78, 5) is 4.27. The fourth-order valence-corrected chi connectivity index (χ4v) is 2.20. The van der Waals surface area contributed by atoms with Crippen LogP contribution in [0.4, 0.5) is 5.69 Å². The highest BCUT2D eigenvalue weighted by Crippen LogP contribution is 2.30. The normalized spacial score (nSPS) is 13.3. The van der Waals surface area contributed by atoms with Gasteiger partial charge in [-0.05, 0) is 43.3 Å². The summed E-state index contributed by atoms with van der Waals surface area (Å²) in [6, 6.07) is 11.6. The number of nitrogens with one attached hydrogen (secondary N) is 2. The molecule has 1 saturated carbocycles. The number of anilines is 1. The Kier molecular flexibility index (Phi) is 4.39. The van der Waals surface area contributed by atoms with Gasteiger partial charge in [-0.3, -0.25) is 0 Å². The van der Waals surface area contributed by atoms with Gasteiger partial charge in [0.25, 0.3) is 0 Å². The summed E-state index contributed by atoms with van der Waals surface area (Å²) >= 11 is 5.23. The third kappa shape index (κ3) is 3.85. The van der Waals surface area contributed by atoms with E-state index in [-0.39, 0.29) is 0 Å². The van der Waals surface area contributed by atoms with E-state index in [1.807, 2.05) is 30.3 Å². The molecule has 0 unspecified atom stereocenters. The lowest BCUT2D eigenvalue weighted by Crippen LogP contribution is -2.30. The number of rotatable bonds is 5. The molecule has 1 aromatic carbocycles. The highest BCUT2D eigenvalue weighted by atomic mass is 32.1. The molecule has 0 atom stereocenters. The molecule has 2 aromatic rings. The monoisotopic (exact) mass is 315 g/mol. The van der Waals surface area contributed by atoms with Crippen LogP contribution < -0.4 is 20.1 Å². The largest absolute Gasteiger partial charge is 0.493 e. The molecular weight excluding hydrogens is 298 g/mol. The predicted octanol–water partition coefficient (Wildman–Crippen LogP) is 3.33. The molecular formula is C16H17N3O2S. The van der Waals surface area contributed by atoms with E-state index in [2.05, 4.69) is 15.6 Å². The minimum atomic E-state index is 0.496. The van der Waals surface area contributed by atoms with Gasteiger partial charge in [-0.1, -0.05) is 12.1 Å². The summed E-state index contributed by atoms with van der Waals surface area (Å²) in [5, 5.41) is 6.95. The summed E-state index contributed by atoms with van der Waals surface area (Å²) in [7, 11) is 1.61. The minimum absolute atomic E-state index is 0.496. The van der Waals surface area contributed by atoms with Crippen LogP contribution in [0.2, 0.25) is 0 Å². The Morgan fingerprint density at radius 2 is 1.95 bits per heavy atom. The number of nitrogens with zero attached hydrogens (tertiary/aromatic N) is 1. The molecule has 1 heterocycles. The Morgan fingerprint density at radius 3 is 2.59 bits per heavy atom. The molecule has 1 aromatic heterocycles. The van der Waals surface area contributed by atoms with Crippen LogP contribution in [0.3, 0.4) is 0 Å². The number of para-hydroxylation sites is 2. The van der Waals surface area contributed by atoms with Crippen molar-refractivity contribution in [2.45, 2.75) is 18.9 Å². The summed E-state index contributed by atoms with van der Waals surface area (Å²) in [6.07, 6.45) is 4.06. The van der Waals surface area contributed by atoms with E-state index < -0.39 is 0 Å². The third-order valence-electron chi connectivity index (χ3n) is 3.19. The summed E-state index contributed by atoms with van der Waals surface area (Å²) in [5.74, 6) is 1.79. The fourth-order valence-electron chi connectivity index (χ4n) is 1.91. The molecule has 2 N–H and O–H groups in total. The molecule has 0 aliphatic heterocycles. The molecule has 5 nitrogen and oxygen atoms in total. The molecule has 0 radical (unpaired) electrons. The van der Waals surface area contributed by atoms with Crippen molar-refractivity contribution in [3.8, 4) is 17.4 Å². The molecule has 6 heteroatoms. The van der Waals surface area contributed by atoms with Crippen molar-refractivity contribution in [3.63, 3.8) is 0 Å². The molecule has 1 fully saturated rings. The summed E-state index contributed by atoms with van der Waals surface area (Å²) in [5.41, 5.74) is 0.825. The number of ether oxygens (including phenoxy) is 2. The fraction of sp³-hybridized carbons (Fsp3) is 0.250. The first-order valence-corrected chi connectivity index (χ1v) is 7.50. The maximum atomic E-state index is 5.72. The second-order valence-corrected chi connectivity index (χ2v) is 5.42. The first-order valence-electron chi connectivity index (χ1n) is 7.09. The zero-order valence-electron chi connectivity index (χ0n) is 12.2. The number of hydrogen-bond donors (Lipinski definition) is 2. The molecule has 0 spiro atoms. The Bertz CT molecular complexity index is 657. The van der Waals surface area contributed by atoms with Gasteiger partial charge in [0.2, 0.25) is 5.88 Å². The number of hydrogen-bond acceptors (Lipinski definition) is 4. The number of benzene rings is 1. The van der Waals surface area contributed by atoms with Crippen molar-refractivity contribution in [1.29, 1.82) is 0 Å². The molecule has 0 saturated heterocycles. The van der Waals surface area contributed by atoms with Crippen molar-refractivity contribution in [1.82, 2.24) is 10.3 Å². The third-order valence-corrected chi connectivity index (χ3v) is 3.41. The standard InChI is InChI=1S/C16H17N3O2S/c1-20-13-4-2-3-5-14(13)21-15-9-8-12(10-17-15)19-16(22)18-11-6-7-11/h2-5,8-11H,6-7H2,1H3,(H2,18,19,22). The lowest BCUT2D eigenvalue weighted by Gasteiger charge is -2.11. The second-order valence-electron chi connectivity index (χ2n) is 5.01. The summed E-state index contributed by atoms with van der Waals surface area (Å²) in [6.45, 7) is 0. The van der Waals surface area contributed by atoms with Crippen molar-refractivity contribution in [2.75, 3.05) is 12.4 Å². The number of pyridine rings is 1. The number of methoxy groups -OCH3 is 1. The Hall–Kier alpha value is -2.34. The smallest absolute Gasteiger partial charge is 0.219 e. The van der Waals surface area contributed by atoms with Crippen LogP contribution in [-0.2, 0) is 0 Å². The maximum Gasteiger partial charge on any atom is 0.219 e. The van der Waals surface area contributed by atoms with Gasteiger partial charge >= 0.3 is 0 Å². The first kappa shape index (κ1) is 14.6. The minimum Gasteiger partial charge on any atom is -0.493 e. The van der Waals surface area contributed by atoms with E-state index in [4.69, 9.17) is 21.7 Å². The lowest BCUT2D eigenvalue weighted by atomic mass is 10.3.